The van der Waals surface area contributed by atoms with Gasteiger partial charge < -0.3 is 33.8 Å². The molecule has 1 aromatic carbocycles. The van der Waals surface area contributed by atoms with E-state index in [2.05, 4.69) is 52.6 Å². The van der Waals surface area contributed by atoms with Gasteiger partial charge in [-0.25, -0.2) is 9.78 Å². The molecule has 4 aromatic rings. The molecule has 0 spiro atoms. The number of ether oxygens (including phenoxy) is 2. The Labute approximate surface area is 276 Å². The maximum Gasteiger partial charge on any atom is 0.341 e. The zero-order chi connectivity index (χ0) is 32.9. The summed E-state index contributed by atoms with van der Waals surface area (Å²) in [6.07, 6.45) is 3.91. The van der Waals surface area contributed by atoms with Crippen LogP contribution < -0.4 is 24.7 Å². The van der Waals surface area contributed by atoms with Crippen molar-refractivity contribution in [3.05, 3.63) is 74.6 Å². The highest BCUT2D eigenvalue weighted by molar-refractivity contribution is 6.34. The fraction of sp³-hybridized carbons (Fsp3) is 0.394. The number of pyridine rings is 3. The zero-order valence-electron chi connectivity index (χ0n) is 26.3. The summed E-state index contributed by atoms with van der Waals surface area (Å²) < 4.78 is 13.1. The van der Waals surface area contributed by atoms with Gasteiger partial charge >= 0.3 is 5.97 Å². The van der Waals surface area contributed by atoms with Gasteiger partial charge in [-0.3, -0.25) is 4.79 Å². The lowest BCUT2D eigenvalue weighted by Gasteiger charge is -2.43. The number of halogens is 2. The summed E-state index contributed by atoms with van der Waals surface area (Å²) in [4.78, 5) is 41.1. The highest BCUT2D eigenvalue weighted by Gasteiger charge is 2.42. The van der Waals surface area contributed by atoms with Crippen LogP contribution in [0.4, 0.5) is 11.5 Å². The second-order valence-corrected chi connectivity index (χ2v) is 13.5. The standard InChI is InChI=1S/C33H36Cl2N6O5/c1-33(2)10-11-40(27(33)18-46-31-23(34)7-9-29(37-31)45-5)26-13-25-21(12-24(26)35)30(42)22(32(43)44)17-41(25)19-6-8-28(36-14-19)39-15-20(16-39)38(3)4/h6-9,12-14,17,20,27H,10-11,15-16,18H2,1-5H3,(H,43,44). The molecule has 0 aliphatic carbocycles. The van der Waals surface area contributed by atoms with Crippen molar-refractivity contribution in [2.45, 2.75) is 32.4 Å². The number of likely N-dealkylation sites (N-methyl/N-ethyl adjacent to an activating group) is 1. The van der Waals surface area contributed by atoms with Crippen LogP contribution in [0.3, 0.4) is 0 Å². The van der Waals surface area contributed by atoms with Crippen LogP contribution in [0, 0.1) is 5.41 Å². The number of carbonyl (C=O) groups is 1. The van der Waals surface area contributed by atoms with Crippen LogP contribution in [-0.2, 0) is 0 Å². The van der Waals surface area contributed by atoms with Crippen molar-refractivity contribution in [3.8, 4) is 17.4 Å². The molecule has 2 aliphatic heterocycles. The second kappa shape index (κ2) is 12.3. The molecule has 1 unspecified atom stereocenters. The second-order valence-electron chi connectivity index (χ2n) is 12.7. The molecule has 13 heteroatoms. The lowest BCUT2D eigenvalue weighted by molar-refractivity contribution is 0.0695. The molecule has 2 saturated heterocycles. The third-order valence-electron chi connectivity index (χ3n) is 9.19. The number of anilines is 2. The fourth-order valence-electron chi connectivity index (χ4n) is 6.13. The molecule has 1 atom stereocenters. The first-order valence-corrected chi connectivity index (χ1v) is 15.7. The van der Waals surface area contributed by atoms with Crippen LogP contribution in [0.15, 0.2) is 53.6 Å². The summed E-state index contributed by atoms with van der Waals surface area (Å²) in [7, 11) is 5.65. The summed E-state index contributed by atoms with van der Waals surface area (Å²) in [6, 6.07) is 10.9. The van der Waals surface area contributed by atoms with E-state index in [9.17, 15) is 14.7 Å². The van der Waals surface area contributed by atoms with Gasteiger partial charge in [0.2, 0.25) is 17.2 Å². The number of carboxylic acids is 1. The molecule has 46 heavy (non-hydrogen) atoms. The minimum absolute atomic E-state index is 0.131. The highest BCUT2D eigenvalue weighted by Crippen LogP contribution is 2.43. The Morgan fingerprint density at radius 2 is 1.89 bits per heavy atom. The SMILES string of the molecule is COc1ccc(Cl)c(OCC2N(c3cc4c(cc3Cl)c(=O)c(C(=O)O)cn4-c3ccc(N4CC(N(C)C)C4)nc3)CCC2(C)C)n1. The number of rotatable bonds is 9. The van der Waals surface area contributed by atoms with E-state index in [0.717, 1.165) is 25.3 Å². The van der Waals surface area contributed by atoms with Crippen LogP contribution in [0.5, 0.6) is 11.8 Å². The first-order valence-electron chi connectivity index (χ1n) is 15.0. The van der Waals surface area contributed by atoms with Gasteiger partial charge in [-0.05, 0) is 56.3 Å². The zero-order valence-corrected chi connectivity index (χ0v) is 27.8. The number of hydrogen-bond donors (Lipinski definition) is 1. The van der Waals surface area contributed by atoms with Crippen molar-refractivity contribution in [3.63, 3.8) is 0 Å². The third-order valence-corrected chi connectivity index (χ3v) is 9.78. The minimum atomic E-state index is -1.32. The Morgan fingerprint density at radius 3 is 2.54 bits per heavy atom. The molecule has 242 valence electrons. The van der Waals surface area contributed by atoms with Crippen molar-refractivity contribution < 1.29 is 19.4 Å². The first-order chi connectivity index (χ1) is 21.9. The number of fused-ring (bicyclic) bond motifs is 1. The van der Waals surface area contributed by atoms with Crippen LogP contribution in [-0.4, -0.2) is 90.0 Å². The van der Waals surface area contributed by atoms with E-state index in [1.165, 1.54) is 13.3 Å². The Balaban J connectivity index is 1.39. The van der Waals surface area contributed by atoms with E-state index in [0.29, 0.717) is 45.4 Å². The Kier molecular flexibility index (Phi) is 8.51. The van der Waals surface area contributed by atoms with Gasteiger partial charge in [-0.15, -0.1) is 0 Å². The molecule has 0 radical (unpaired) electrons. The molecule has 0 saturated carbocycles. The van der Waals surface area contributed by atoms with Crippen molar-refractivity contribution in [2.24, 2.45) is 5.41 Å². The molecule has 1 N–H and O–H groups in total. The third kappa shape index (κ3) is 5.83. The molecule has 0 bridgehead atoms. The van der Waals surface area contributed by atoms with Crippen molar-refractivity contribution in [1.29, 1.82) is 0 Å². The number of hydrogen-bond acceptors (Lipinski definition) is 9. The van der Waals surface area contributed by atoms with Gasteiger partial charge in [0.15, 0.2) is 0 Å². The van der Waals surface area contributed by atoms with Crippen LogP contribution >= 0.6 is 23.2 Å². The van der Waals surface area contributed by atoms with Gasteiger partial charge in [0.05, 0.1) is 41.3 Å². The predicted octanol–water partition coefficient (Wildman–Crippen LogP) is 5.23. The van der Waals surface area contributed by atoms with Crippen LogP contribution in [0.1, 0.15) is 30.6 Å². The normalized spacial score (nSPS) is 17.9. The molecule has 0 amide bonds. The van der Waals surface area contributed by atoms with Gasteiger partial charge in [0.1, 0.15) is 23.0 Å². The molecular formula is C33H36Cl2N6O5. The highest BCUT2D eigenvalue weighted by atomic mass is 35.5. The predicted molar refractivity (Wildman–Crippen MR) is 180 cm³/mol. The average Bonchev–Trinajstić information content (AvgIpc) is 3.29. The number of nitrogens with zero attached hydrogens (tertiary/aromatic N) is 6. The summed E-state index contributed by atoms with van der Waals surface area (Å²) in [5, 5.41) is 10.8. The first kappa shape index (κ1) is 31.9. The molecule has 11 nitrogen and oxygen atoms in total. The number of methoxy groups -OCH3 is 1. The van der Waals surface area contributed by atoms with E-state index in [1.54, 1.807) is 29.0 Å². The maximum atomic E-state index is 13.4. The van der Waals surface area contributed by atoms with Crippen LogP contribution in [0.25, 0.3) is 16.6 Å². The van der Waals surface area contributed by atoms with Gasteiger partial charge in [0, 0.05) is 43.3 Å². The molecule has 5 heterocycles. The largest absolute Gasteiger partial charge is 0.481 e. The van der Waals surface area contributed by atoms with Gasteiger partial charge in [-0.2, -0.15) is 4.98 Å². The van der Waals surface area contributed by atoms with E-state index in [4.69, 9.17) is 32.7 Å². The number of aromatic nitrogens is 3. The maximum absolute atomic E-state index is 13.4. The molecule has 6 rings (SSSR count). The smallest absolute Gasteiger partial charge is 0.341 e. The van der Waals surface area contributed by atoms with Crippen molar-refractivity contribution in [2.75, 3.05) is 57.2 Å². The lowest BCUT2D eigenvalue weighted by atomic mass is 9.85. The Hall–Kier alpha value is -4.06. The van der Waals surface area contributed by atoms with Crippen molar-refractivity contribution >= 4 is 51.6 Å². The number of carboxylic acid groups (broad SMARTS) is 1. The molecule has 2 fully saturated rings. The summed E-state index contributed by atoms with van der Waals surface area (Å²) in [5.41, 5.74) is 0.713. The summed E-state index contributed by atoms with van der Waals surface area (Å²) >= 11 is 13.3. The average molecular weight is 668 g/mol. The Morgan fingerprint density at radius 1 is 1.13 bits per heavy atom. The minimum Gasteiger partial charge on any atom is -0.481 e. The van der Waals surface area contributed by atoms with Crippen molar-refractivity contribution in [1.82, 2.24) is 19.4 Å². The topological polar surface area (TPSA) is 113 Å². The van der Waals surface area contributed by atoms with Gasteiger partial charge in [-0.1, -0.05) is 37.0 Å². The summed E-state index contributed by atoms with van der Waals surface area (Å²) in [5.74, 6) is 0.185. The quantitative estimate of drug-likeness (QED) is 0.255. The van der Waals surface area contributed by atoms with Gasteiger partial charge in [0.25, 0.3) is 0 Å². The van der Waals surface area contributed by atoms with E-state index in [1.807, 2.05) is 18.2 Å². The Bertz CT molecular complexity index is 1860. The molecule has 3 aromatic heterocycles. The number of aromatic carboxylic acids is 1. The van der Waals surface area contributed by atoms with E-state index in [-0.39, 0.29) is 34.9 Å². The van der Waals surface area contributed by atoms with E-state index < -0.39 is 11.4 Å². The molecular weight excluding hydrogens is 631 g/mol. The monoisotopic (exact) mass is 666 g/mol. The lowest BCUT2D eigenvalue weighted by Crippen LogP contribution is -2.57. The number of benzene rings is 1. The summed E-state index contributed by atoms with van der Waals surface area (Å²) in [6.45, 7) is 7.03. The molecule has 2 aliphatic rings. The van der Waals surface area contributed by atoms with E-state index >= 15 is 0 Å². The van der Waals surface area contributed by atoms with Crippen LogP contribution in [0.2, 0.25) is 10.0 Å². The fourth-order valence-corrected chi connectivity index (χ4v) is 6.57.